The highest BCUT2D eigenvalue weighted by Crippen LogP contribution is 2.37. The number of halogens is 2. The maximum absolute atomic E-state index is 13.2. The van der Waals surface area contributed by atoms with Crippen molar-refractivity contribution in [1.29, 1.82) is 0 Å². The first-order valence-corrected chi connectivity index (χ1v) is 4.70. The van der Waals surface area contributed by atoms with Gasteiger partial charge in [-0.1, -0.05) is 12.1 Å². The van der Waals surface area contributed by atoms with Gasteiger partial charge in [0.15, 0.2) is 11.5 Å². The molecule has 17 heavy (non-hydrogen) atoms. The molecular formula is C12H8F2O3. The van der Waals surface area contributed by atoms with E-state index in [1.807, 2.05) is 0 Å². The van der Waals surface area contributed by atoms with Crippen LogP contribution in [-0.4, -0.2) is 15.3 Å². The monoisotopic (exact) mass is 238 g/mol. The Kier molecular flexibility index (Phi) is 2.59. The molecule has 88 valence electrons. The fourth-order valence-electron chi connectivity index (χ4n) is 1.46. The van der Waals surface area contributed by atoms with E-state index in [0.29, 0.717) is 5.56 Å². The largest absolute Gasteiger partial charge is 0.508 e. The van der Waals surface area contributed by atoms with E-state index < -0.39 is 23.1 Å². The van der Waals surface area contributed by atoms with Crippen LogP contribution >= 0.6 is 0 Å². The van der Waals surface area contributed by atoms with Crippen LogP contribution in [0.4, 0.5) is 8.78 Å². The lowest BCUT2D eigenvalue weighted by molar-refractivity contribution is 0.376. The highest BCUT2D eigenvalue weighted by molar-refractivity contribution is 5.72. The Morgan fingerprint density at radius 2 is 1.41 bits per heavy atom. The summed E-state index contributed by atoms with van der Waals surface area (Å²) in [6, 6.07) is 6.38. The lowest BCUT2D eigenvalue weighted by Gasteiger charge is -2.08. The predicted octanol–water partition coefficient (Wildman–Crippen LogP) is 2.75. The highest BCUT2D eigenvalue weighted by atomic mass is 19.2. The number of hydrogen-bond donors (Lipinski definition) is 3. The van der Waals surface area contributed by atoms with Gasteiger partial charge in [-0.15, -0.1) is 0 Å². The number of hydrogen-bond acceptors (Lipinski definition) is 3. The van der Waals surface area contributed by atoms with Crippen molar-refractivity contribution >= 4 is 0 Å². The molecule has 0 saturated heterocycles. The Balaban J connectivity index is 2.64. The Labute approximate surface area is 95.2 Å². The van der Waals surface area contributed by atoms with E-state index in [2.05, 4.69) is 0 Å². The van der Waals surface area contributed by atoms with Crippen molar-refractivity contribution in [2.45, 2.75) is 0 Å². The van der Waals surface area contributed by atoms with Gasteiger partial charge in [0.1, 0.15) is 5.75 Å². The summed E-state index contributed by atoms with van der Waals surface area (Å²) < 4.78 is 26.1. The molecule has 0 saturated carbocycles. The summed E-state index contributed by atoms with van der Waals surface area (Å²) >= 11 is 0. The standard InChI is InChI=1S/C12H8F2O3/c13-10-9(16)5-8(12(17)11(10)14)6-1-3-7(15)4-2-6/h1-5,15-17H. The summed E-state index contributed by atoms with van der Waals surface area (Å²) in [5.41, 5.74) is 0.288. The van der Waals surface area contributed by atoms with Crippen molar-refractivity contribution in [3.63, 3.8) is 0 Å². The molecule has 0 aliphatic carbocycles. The Bertz CT molecular complexity index is 565. The molecule has 5 heteroatoms. The molecule has 0 heterocycles. The molecule has 0 amide bonds. The van der Waals surface area contributed by atoms with Crippen LogP contribution in [0.15, 0.2) is 30.3 Å². The number of aromatic hydroxyl groups is 3. The summed E-state index contributed by atoms with van der Waals surface area (Å²) in [5, 5.41) is 27.7. The molecule has 0 unspecified atom stereocenters. The van der Waals surface area contributed by atoms with Gasteiger partial charge in [-0.3, -0.25) is 0 Å². The van der Waals surface area contributed by atoms with Crippen LogP contribution in [0.1, 0.15) is 0 Å². The van der Waals surface area contributed by atoms with Crippen molar-refractivity contribution in [3.8, 4) is 28.4 Å². The normalized spacial score (nSPS) is 10.5. The third-order valence-electron chi connectivity index (χ3n) is 2.34. The summed E-state index contributed by atoms with van der Waals surface area (Å²) in [4.78, 5) is 0. The van der Waals surface area contributed by atoms with E-state index in [-0.39, 0.29) is 11.3 Å². The fourth-order valence-corrected chi connectivity index (χ4v) is 1.46. The van der Waals surface area contributed by atoms with Gasteiger partial charge in [0, 0.05) is 5.56 Å². The zero-order valence-corrected chi connectivity index (χ0v) is 8.48. The van der Waals surface area contributed by atoms with Gasteiger partial charge in [-0.05, 0) is 23.8 Å². The highest BCUT2D eigenvalue weighted by Gasteiger charge is 2.18. The van der Waals surface area contributed by atoms with Crippen LogP contribution < -0.4 is 0 Å². The molecule has 0 radical (unpaired) electrons. The van der Waals surface area contributed by atoms with Crippen molar-refractivity contribution < 1.29 is 24.1 Å². The lowest BCUT2D eigenvalue weighted by atomic mass is 10.0. The van der Waals surface area contributed by atoms with E-state index in [1.165, 1.54) is 24.3 Å². The molecule has 0 aliphatic heterocycles. The average molecular weight is 238 g/mol. The SMILES string of the molecule is Oc1ccc(-c2cc(O)c(F)c(F)c2O)cc1. The van der Waals surface area contributed by atoms with Crippen LogP contribution in [0.2, 0.25) is 0 Å². The van der Waals surface area contributed by atoms with Gasteiger partial charge in [0.25, 0.3) is 0 Å². The molecule has 2 aromatic rings. The quantitative estimate of drug-likeness (QED) is 0.669. The molecule has 0 aliphatic rings. The molecule has 0 spiro atoms. The summed E-state index contributed by atoms with van der Waals surface area (Å²) in [7, 11) is 0. The summed E-state index contributed by atoms with van der Waals surface area (Å²) in [5.74, 6) is -4.77. The van der Waals surface area contributed by atoms with Gasteiger partial charge in [-0.2, -0.15) is 8.78 Å². The second-order valence-corrected chi connectivity index (χ2v) is 3.47. The second-order valence-electron chi connectivity index (χ2n) is 3.47. The first-order valence-electron chi connectivity index (χ1n) is 4.70. The van der Waals surface area contributed by atoms with Gasteiger partial charge in [0.2, 0.25) is 11.6 Å². The zero-order chi connectivity index (χ0) is 12.6. The summed E-state index contributed by atoms with van der Waals surface area (Å²) in [6.07, 6.45) is 0. The number of phenols is 3. The first-order chi connectivity index (χ1) is 8.00. The number of phenolic OH excluding ortho intramolecular Hbond substituents is 3. The molecule has 0 atom stereocenters. The lowest BCUT2D eigenvalue weighted by Crippen LogP contribution is -1.89. The van der Waals surface area contributed by atoms with Crippen LogP contribution in [0, 0.1) is 11.6 Å². The number of benzene rings is 2. The third kappa shape index (κ3) is 1.87. The van der Waals surface area contributed by atoms with Gasteiger partial charge < -0.3 is 15.3 Å². The van der Waals surface area contributed by atoms with E-state index in [4.69, 9.17) is 10.2 Å². The van der Waals surface area contributed by atoms with Crippen LogP contribution in [-0.2, 0) is 0 Å². The molecule has 3 nitrogen and oxygen atoms in total. The third-order valence-corrected chi connectivity index (χ3v) is 2.34. The Morgan fingerprint density at radius 3 is 2.00 bits per heavy atom. The molecule has 2 rings (SSSR count). The first kappa shape index (κ1) is 11.2. The fraction of sp³-hybridized carbons (Fsp3) is 0. The van der Waals surface area contributed by atoms with Crippen molar-refractivity contribution in [2.75, 3.05) is 0 Å². The molecular weight excluding hydrogens is 230 g/mol. The minimum Gasteiger partial charge on any atom is -0.508 e. The maximum atomic E-state index is 13.2. The van der Waals surface area contributed by atoms with E-state index in [0.717, 1.165) is 6.07 Å². The molecule has 0 fully saturated rings. The Hall–Kier alpha value is -2.30. The van der Waals surface area contributed by atoms with E-state index >= 15 is 0 Å². The van der Waals surface area contributed by atoms with Gasteiger partial charge >= 0.3 is 0 Å². The second kappa shape index (κ2) is 3.93. The molecule has 3 N–H and O–H groups in total. The van der Waals surface area contributed by atoms with E-state index in [9.17, 15) is 13.9 Å². The number of rotatable bonds is 1. The smallest absolute Gasteiger partial charge is 0.204 e. The van der Waals surface area contributed by atoms with E-state index in [1.54, 1.807) is 0 Å². The predicted molar refractivity (Wildman–Crippen MR) is 56.8 cm³/mol. The van der Waals surface area contributed by atoms with Crippen LogP contribution in [0.5, 0.6) is 17.2 Å². The topological polar surface area (TPSA) is 60.7 Å². The Morgan fingerprint density at radius 1 is 0.824 bits per heavy atom. The molecule has 2 aromatic carbocycles. The van der Waals surface area contributed by atoms with Crippen LogP contribution in [0.3, 0.4) is 0 Å². The maximum Gasteiger partial charge on any atom is 0.204 e. The van der Waals surface area contributed by atoms with Gasteiger partial charge in [0.05, 0.1) is 0 Å². The average Bonchev–Trinajstić information content (AvgIpc) is 2.32. The minimum absolute atomic E-state index is 0.0000420. The minimum atomic E-state index is -1.51. The van der Waals surface area contributed by atoms with Crippen molar-refractivity contribution in [1.82, 2.24) is 0 Å². The van der Waals surface area contributed by atoms with Crippen molar-refractivity contribution in [3.05, 3.63) is 42.0 Å². The van der Waals surface area contributed by atoms with Crippen molar-refractivity contribution in [2.24, 2.45) is 0 Å². The zero-order valence-electron chi connectivity index (χ0n) is 8.48. The molecule has 0 aromatic heterocycles. The summed E-state index contributed by atoms with van der Waals surface area (Å²) in [6.45, 7) is 0. The van der Waals surface area contributed by atoms with Gasteiger partial charge in [-0.25, -0.2) is 0 Å². The van der Waals surface area contributed by atoms with Crippen LogP contribution in [0.25, 0.3) is 11.1 Å². The molecule has 0 bridgehead atoms.